The van der Waals surface area contributed by atoms with Crippen LogP contribution < -0.4 is 10.9 Å². The third-order valence-corrected chi connectivity index (χ3v) is 9.96. The number of piperidine rings is 2. The zero-order chi connectivity index (χ0) is 30.9. The Morgan fingerprint density at radius 1 is 1.09 bits per heavy atom. The average molecular weight is 612 g/mol. The fraction of sp³-hybridized carbons (Fsp3) is 0.613. The van der Waals surface area contributed by atoms with Crippen molar-refractivity contribution in [2.75, 3.05) is 44.7 Å². The quantitative estimate of drug-likeness (QED) is 0.378. The van der Waals surface area contributed by atoms with Gasteiger partial charge in [0, 0.05) is 54.3 Å². The largest absolute Gasteiger partial charge is 0.348 e. The number of H-pyrrole nitrogens is 1. The first-order valence-corrected chi connectivity index (χ1v) is 17.5. The highest BCUT2D eigenvalue weighted by atomic mass is 32.2. The molecule has 0 atom stereocenters. The summed E-state index contributed by atoms with van der Waals surface area (Å²) in [5.41, 5.74) is 4.18. The molecule has 1 amide bonds. The summed E-state index contributed by atoms with van der Waals surface area (Å²) < 4.78 is 25.0. The molecule has 3 aromatic rings. The number of fused-ring (bicyclic) bond motifs is 1. The van der Waals surface area contributed by atoms with Gasteiger partial charge in [-0.3, -0.25) is 9.59 Å². The molecule has 5 heterocycles. The van der Waals surface area contributed by atoms with Crippen LogP contribution in [-0.4, -0.2) is 94.6 Å². The Labute approximate surface area is 254 Å². The van der Waals surface area contributed by atoms with Crippen LogP contribution in [0.4, 0.5) is 0 Å². The Kier molecular flexibility index (Phi) is 9.38. The minimum absolute atomic E-state index is 0.0927. The molecule has 2 saturated heterocycles. The second kappa shape index (κ2) is 12.9. The molecule has 3 aromatic heterocycles. The maximum absolute atomic E-state index is 13.6. The number of aromatic nitrogens is 4. The second-order valence-corrected chi connectivity index (χ2v) is 14.9. The van der Waals surface area contributed by atoms with E-state index >= 15 is 0 Å². The van der Waals surface area contributed by atoms with Crippen LogP contribution in [0.5, 0.6) is 0 Å². The van der Waals surface area contributed by atoms with Crippen LogP contribution in [0.2, 0.25) is 0 Å². The van der Waals surface area contributed by atoms with E-state index < -0.39 is 9.84 Å². The zero-order valence-electron chi connectivity index (χ0n) is 26.0. The summed E-state index contributed by atoms with van der Waals surface area (Å²) in [5, 5.41) is 8.25. The molecule has 0 radical (unpaired) electrons. The van der Waals surface area contributed by atoms with Crippen molar-refractivity contribution >= 4 is 26.8 Å². The number of carbonyl (C=O) groups excluding carboxylic acids is 1. The number of amides is 1. The van der Waals surface area contributed by atoms with Crippen molar-refractivity contribution in [2.45, 2.75) is 77.9 Å². The van der Waals surface area contributed by atoms with E-state index in [1.54, 1.807) is 6.20 Å². The summed E-state index contributed by atoms with van der Waals surface area (Å²) >= 11 is 0. The molecule has 0 spiro atoms. The number of pyridine rings is 2. The molecular weight excluding hydrogens is 566 g/mol. The van der Waals surface area contributed by atoms with Crippen molar-refractivity contribution in [3.63, 3.8) is 0 Å². The number of aromatic amines is 1. The molecule has 2 fully saturated rings. The van der Waals surface area contributed by atoms with E-state index in [2.05, 4.69) is 39.0 Å². The van der Waals surface area contributed by atoms with Crippen molar-refractivity contribution in [1.82, 2.24) is 34.9 Å². The average Bonchev–Trinajstić information content (AvgIpc) is 3.39. The molecule has 0 bridgehead atoms. The Morgan fingerprint density at radius 3 is 2.42 bits per heavy atom. The summed E-state index contributed by atoms with van der Waals surface area (Å²) in [6, 6.07) is 4.45. The number of sulfone groups is 1. The number of hydrogen-bond donors (Lipinski definition) is 2. The summed E-state index contributed by atoms with van der Waals surface area (Å²) in [4.78, 5) is 38.8. The Morgan fingerprint density at radius 2 is 1.79 bits per heavy atom. The molecule has 2 aliphatic rings. The third kappa shape index (κ3) is 7.35. The van der Waals surface area contributed by atoms with Crippen LogP contribution in [-0.2, 0) is 16.4 Å². The van der Waals surface area contributed by atoms with Gasteiger partial charge in [-0.25, -0.2) is 18.1 Å². The van der Waals surface area contributed by atoms with E-state index in [1.807, 2.05) is 30.7 Å². The van der Waals surface area contributed by atoms with Gasteiger partial charge >= 0.3 is 0 Å². The van der Waals surface area contributed by atoms with Gasteiger partial charge in [0.1, 0.15) is 9.84 Å². The van der Waals surface area contributed by atoms with Crippen LogP contribution in [0.1, 0.15) is 84.4 Å². The Bertz CT molecular complexity index is 1630. The molecule has 43 heavy (non-hydrogen) atoms. The van der Waals surface area contributed by atoms with Gasteiger partial charge in [-0.05, 0) is 97.3 Å². The highest BCUT2D eigenvalue weighted by Gasteiger charge is 2.30. The van der Waals surface area contributed by atoms with E-state index in [9.17, 15) is 18.0 Å². The minimum atomic E-state index is -2.94. The van der Waals surface area contributed by atoms with E-state index in [0.29, 0.717) is 34.7 Å². The highest BCUT2D eigenvalue weighted by Crippen LogP contribution is 2.32. The van der Waals surface area contributed by atoms with Crippen LogP contribution in [0.3, 0.4) is 0 Å². The van der Waals surface area contributed by atoms with E-state index in [0.717, 1.165) is 68.8 Å². The molecular formula is C31H45N7O4S. The second-order valence-electron chi connectivity index (χ2n) is 12.7. The van der Waals surface area contributed by atoms with Crippen molar-refractivity contribution in [1.29, 1.82) is 0 Å². The minimum Gasteiger partial charge on any atom is -0.348 e. The van der Waals surface area contributed by atoms with Crippen molar-refractivity contribution < 1.29 is 13.2 Å². The molecule has 234 valence electrons. The van der Waals surface area contributed by atoms with Gasteiger partial charge in [0.15, 0.2) is 5.65 Å². The topological polar surface area (TPSA) is 133 Å². The lowest BCUT2D eigenvalue weighted by Gasteiger charge is -2.41. The summed E-state index contributed by atoms with van der Waals surface area (Å²) in [6.45, 7) is 12.4. The zero-order valence-corrected chi connectivity index (χ0v) is 26.8. The molecule has 2 aliphatic heterocycles. The van der Waals surface area contributed by atoms with Crippen molar-refractivity contribution in [3.8, 4) is 0 Å². The smallest absolute Gasteiger partial charge is 0.253 e. The first kappa shape index (κ1) is 31.3. The summed E-state index contributed by atoms with van der Waals surface area (Å²) in [6.07, 6.45) is 7.05. The summed E-state index contributed by atoms with van der Waals surface area (Å²) in [5.74, 6) is 0.219. The van der Waals surface area contributed by atoms with Gasteiger partial charge in [0.25, 0.3) is 11.5 Å². The normalized spacial score (nSPS) is 18.1. The van der Waals surface area contributed by atoms with Crippen LogP contribution in [0.25, 0.3) is 11.0 Å². The molecule has 0 saturated carbocycles. The van der Waals surface area contributed by atoms with Crippen LogP contribution in [0, 0.1) is 13.8 Å². The number of nitrogens with zero attached hydrogens (tertiary/aromatic N) is 5. The number of likely N-dealkylation sites (tertiary alicyclic amines) is 2. The Balaban J connectivity index is 1.28. The number of rotatable bonds is 9. The van der Waals surface area contributed by atoms with E-state index in [4.69, 9.17) is 4.98 Å². The van der Waals surface area contributed by atoms with E-state index in [-0.39, 0.29) is 35.7 Å². The molecule has 0 aromatic carbocycles. The van der Waals surface area contributed by atoms with E-state index in [1.165, 1.54) is 6.26 Å². The van der Waals surface area contributed by atoms with Gasteiger partial charge in [0.2, 0.25) is 0 Å². The van der Waals surface area contributed by atoms with Gasteiger partial charge in [-0.15, -0.1) is 0 Å². The monoisotopic (exact) mass is 611 g/mol. The fourth-order valence-corrected chi connectivity index (χ4v) is 7.13. The van der Waals surface area contributed by atoms with Gasteiger partial charge in [-0.2, -0.15) is 5.10 Å². The number of aryl methyl sites for hydroxylation is 2. The molecule has 5 rings (SSSR count). The maximum Gasteiger partial charge on any atom is 0.253 e. The van der Waals surface area contributed by atoms with Crippen molar-refractivity contribution in [2.24, 2.45) is 0 Å². The molecule has 0 aliphatic carbocycles. The van der Waals surface area contributed by atoms with Crippen LogP contribution >= 0.6 is 0 Å². The number of hydrogen-bond acceptors (Lipinski definition) is 8. The highest BCUT2D eigenvalue weighted by molar-refractivity contribution is 7.90. The lowest BCUT2D eigenvalue weighted by atomic mass is 9.90. The van der Waals surface area contributed by atoms with Gasteiger partial charge < -0.3 is 20.1 Å². The Hall–Kier alpha value is -3.09. The summed E-state index contributed by atoms with van der Waals surface area (Å²) in [7, 11) is -2.94. The van der Waals surface area contributed by atoms with Crippen LogP contribution in [0.15, 0.2) is 23.1 Å². The predicted octanol–water partition coefficient (Wildman–Crippen LogP) is 2.94. The number of nitrogens with one attached hydrogen (secondary N) is 2. The maximum atomic E-state index is 13.6. The molecule has 12 heteroatoms. The first-order valence-electron chi connectivity index (χ1n) is 15.4. The van der Waals surface area contributed by atoms with Gasteiger partial charge in [-0.1, -0.05) is 0 Å². The number of carbonyl (C=O) groups is 1. The molecule has 11 nitrogen and oxygen atoms in total. The lowest BCUT2D eigenvalue weighted by Crippen LogP contribution is -2.48. The first-order chi connectivity index (χ1) is 20.4. The third-order valence-electron chi connectivity index (χ3n) is 9.04. The predicted molar refractivity (Wildman–Crippen MR) is 168 cm³/mol. The SMILES string of the molecule is Cc1cc(C)c(CNC(=O)c2cc(C3CCN(C4CCN(CCS(C)(=O)=O)CC4)CC3)nc3c2cnn3C(C)C)c(=O)[nH]1. The van der Waals surface area contributed by atoms with Crippen molar-refractivity contribution in [3.05, 3.63) is 56.8 Å². The lowest BCUT2D eigenvalue weighted by molar-refractivity contribution is 0.0893. The fourth-order valence-electron chi connectivity index (χ4n) is 6.54. The van der Waals surface area contributed by atoms with Gasteiger partial charge in [0.05, 0.1) is 22.9 Å². The standard InChI is InChI=1S/C31H45N7O4S/c1-20(2)38-29-27(19-33-38)25(30(39)32-18-26-21(3)16-22(4)34-31(26)40)17-28(35-29)23-6-12-37(13-7-23)24-8-10-36(11-9-24)14-15-43(5,41)42/h16-17,19-20,23-24H,6-15,18H2,1-5H3,(H,32,39)(H,34,40). The molecule has 2 N–H and O–H groups in total. The molecule has 0 unspecified atom stereocenters.